The highest BCUT2D eigenvalue weighted by molar-refractivity contribution is 6.51. The summed E-state index contributed by atoms with van der Waals surface area (Å²) in [5.74, 6) is -2.20. The van der Waals surface area contributed by atoms with E-state index >= 15 is 0 Å². The number of carbonyl (C=O) groups is 2. The van der Waals surface area contributed by atoms with Gasteiger partial charge in [-0.25, -0.2) is 4.39 Å². The summed E-state index contributed by atoms with van der Waals surface area (Å²) >= 11 is 6.01. The molecule has 166 valence electrons. The molecule has 4 nitrogen and oxygen atoms in total. The molecule has 1 saturated heterocycles. The number of nitrogens with zero attached hydrogens (tertiary/aromatic N) is 1. The van der Waals surface area contributed by atoms with Crippen molar-refractivity contribution in [1.29, 1.82) is 0 Å². The fourth-order valence-corrected chi connectivity index (χ4v) is 4.82. The molecule has 2 aliphatic rings. The molecule has 1 fully saturated rings. The summed E-state index contributed by atoms with van der Waals surface area (Å²) in [6.07, 6.45) is 4.12. The smallest absolute Gasteiger partial charge is 0.300 e. The van der Waals surface area contributed by atoms with Gasteiger partial charge in [-0.15, -0.1) is 0 Å². The summed E-state index contributed by atoms with van der Waals surface area (Å²) in [6.45, 7) is 0. The van der Waals surface area contributed by atoms with E-state index in [1.165, 1.54) is 34.7 Å². The molecule has 1 atom stereocenters. The predicted octanol–water partition coefficient (Wildman–Crippen LogP) is 5.98. The molecule has 1 N–H and O–H groups in total. The number of hydrogen-bond acceptors (Lipinski definition) is 3. The van der Waals surface area contributed by atoms with Crippen molar-refractivity contribution >= 4 is 34.7 Å². The van der Waals surface area contributed by atoms with Gasteiger partial charge >= 0.3 is 0 Å². The van der Waals surface area contributed by atoms with Gasteiger partial charge in [0.25, 0.3) is 11.7 Å². The quantitative estimate of drug-likeness (QED) is 0.296. The van der Waals surface area contributed by atoms with E-state index in [0.717, 1.165) is 31.2 Å². The van der Waals surface area contributed by atoms with Gasteiger partial charge in [0, 0.05) is 16.3 Å². The molecule has 1 amide bonds. The molecular formula is C27H21ClFNO3. The van der Waals surface area contributed by atoms with Crippen LogP contribution in [-0.2, 0) is 22.4 Å². The number of halogens is 2. The summed E-state index contributed by atoms with van der Waals surface area (Å²) in [5.41, 5.74) is 3.85. The molecule has 3 aromatic carbocycles. The maximum atomic E-state index is 13.6. The molecule has 33 heavy (non-hydrogen) atoms. The summed E-state index contributed by atoms with van der Waals surface area (Å²) in [5, 5.41) is 11.8. The largest absolute Gasteiger partial charge is 0.507 e. The Bertz CT molecular complexity index is 1280. The monoisotopic (exact) mass is 461 g/mol. The number of ketones is 1. The zero-order valence-electron chi connectivity index (χ0n) is 17.7. The van der Waals surface area contributed by atoms with Gasteiger partial charge in [0.05, 0.1) is 11.6 Å². The average molecular weight is 462 g/mol. The molecule has 0 spiro atoms. The molecule has 5 rings (SSSR count). The van der Waals surface area contributed by atoms with Crippen molar-refractivity contribution in [2.75, 3.05) is 4.90 Å². The molecule has 0 radical (unpaired) electrons. The Labute approximate surface area is 195 Å². The molecule has 1 heterocycles. The third-order valence-electron chi connectivity index (χ3n) is 6.36. The Kier molecular flexibility index (Phi) is 5.51. The Morgan fingerprint density at radius 2 is 1.58 bits per heavy atom. The zero-order chi connectivity index (χ0) is 23.1. The molecular weight excluding hydrogens is 441 g/mol. The molecule has 6 heteroatoms. The molecule has 1 aliphatic heterocycles. The lowest BCUT2D eigenvalue weighted by Crippen LogP contribution is -2.29. The van der Waals surface area contributed by atoms with Gasteiger partial charge in [0.1, 0.15) is 11.6 Å². The summed E-state index contributed by atoms with van der Waals surface area (Å²) in [6, 6.07) is 16.9. The van der Waals surface area contributed by atoms with Gasteiger partial charge in [0.15, 0.2) is 0 Å². The van der Waals surface area contributed by atoms with Crippen LogP contribution in [0.15, 0.2) is 72.3 Å². The minimum Gasteiger partial charge on any atom is -0.507 e. The number of aryl methyl sites for hydroxylation is 2. The predicted molar refractivity (Wildman–Crippen MR) is 126 cm³/mol. The zero-order valence-corrected chi connectivity index (χ0v) is 18.5. The third kappa shape index (κ3) is 3.83. The Hall–Kier alpha value is -3.44. The summed E-state index contributed by atoms with van der Waals surface area (Å²) in [4.78, 5) is 27.7. The minimum absolute atomic E-state index is 0.0164. The highest BCUT2D eigenvalue weighted by Crippen LogP contribution is 2.42. The molecule has 1 aliphatic carbocycles. The van der Waals surface area contributed by atoms with E-state index in [4.69, 9.17) is 11.6 Å². The van der Waals surface area contributed by atoms with Gasteiger partial charge in [0.2, 0.25) is 0 Å². The van der Waals surface area contributed by atoms with E-state index in [1.54, 1.807) is 30.3 Å². The lowest BCUT2D eigenvalue weighted by atomic mass is 9.88. The van der Waals surface area contributed by atoms with E-state index in [9.17, 15) is 19.1 Å². The van der Waals surface area contributed by atoms with Gasteiger partial charge < -0.3 is 5.11 Å². The van der Waals surface area contributed by atoms with Crippen LogP contribution in [0.25, 0.3) is 5.76 Å². The van der Waals surface area contributed by atoms with Crippen molar-refractivity contribution in [2.45, 2.75) is 31.7 Å². The number of Topliss-reactive ketones (excluding diaryl/α,β-unsaturated/α-hetero) is 1. The standard InChI is InChI=1S/C27H21ClFNO3/c28-20-9-13-22(14-10-20)30-24(17-7-11-21(29)12-8-17)23(26(32)27(30)33)25(31)19-6-5-16-3-1-2-4-18(16)15-19/h5-15,24,31H,1-4H2/b25-23-. The maximum Gasteiger partial charge on any atom is 0.300 e. The van der Waals surface area contributed by atoms with Gasteiger partial charge in [-0.05, 0) is 84.8 Å². The lowest BCUT2D eigenvalue weighted by molar-refractivity contribution is -0.132. The number of anilines is 1. The van der Waals surface area contributed by atoms with E-state index in [0.29, 0.717) is 21.8 Å². The normalized spacial score (nSPS) is 19.6. The highest BCUT2D eigenvalue weighted by atomic mass is 35.5. The van der Waals surface area contributed by atoms with E-state index < -0.39 is 23.5 Å². The Morgan fingerprint density at radius 3 is 2.27 bits per heavy atom. The fraction of sp³-hybridized carbons (Fsp3) is 0.185. The number of aliphatic hydroxyl groups excluding tert-OH is 1. The number of carbonyl (C=O) groups excluding carboxylic acids is 2. The topological polar surface area (TPSA) is 57.6 Å². The van der Waals surface area contributed by atoms with Gasteiger partial charge in [-0.1, -0.05) is 35.9 Å². The number of amides is 1. The van der Waals surface area contributed by atoms with Crippen LogP contribution in [0.4, 0.5) is 10.1 Å². The fourth-order valence-electron chi connectivity index (χ4n) is 4.70. The lowest BCUT2D eigenvalue weighted by Gasteiger charge is -2.25. The van der Waals surface area contributed by atoms with E-state index in [1.807, 2.05) is 12.1 Å². The first-order valence-corrected chi connectivity index (χ1v) is 11.3. The van der Waals surface area contributed by atoms with Crippen LogP contribution >= 0.6 is 11.6 Å². The van der Waals surface area contributed by atoms with Crippen LogP contribution in [-0.4, -0.2) is 16.8 Å². The second kappa shape index (κ2) is 8.49. The van der Waals surface area contributed by atoms with Crippen LogP contribution in [0.5, 0.6) is 0 Å². The first-order chi connectivity index (χ1) is 15.9. The van der Waals surface area contributed by atoms with Crippen LogP contribution in [0, 0.1) is 5.82 Å². The first-order valence-electron chi connectivity index (χ1n) is 10.9. The Balaban J connectivity index is 1.68. The van der Waals surface area contributed by atoms with Gasteiger partial charge in [-0.2, -0.15) is 0 Å². The average Bonchev–Trinajstić information content (AvgIpc) is 3.10. The Morgan fingerprint density at radius 1 is 0.909 bits per heavy atom. The second-order valence-corrected chi connectivity index (χ2v) is 8.82. The van der Waals surface area contributed by atoms with Crippen LogP contribution < -0.4 is 4.90 Å². The van der Waals surface area contributed by atoms with Crippen LogP contribution in [0.3, 0.4) is 0 Å². The van der Waals surface area contributed by atoms with Gasteiger partial charge in [-0.3, -0.25) is 14.5 Å². The number of rotatable bonds is 3. The maximum absolute atomic E-state index is 13.6. The number of aliphatic hydroxyl groups is 1. The number of hydrogen-bond donors (Lipinski definition) is 1. The van der Waals surface area contributed by atoms with E-state index in [2.05, 4.69) is 0 Å². The van der Waals surface area contributed by atoms with Crippen LogP contribution in [0.2, 0.25) is 5.02 Å². The number of fused-ring (bicyclic) bond motifs is 1. The molecule has 0 aromatic heterocycles. The van der Waals surface area contributed by atoms with Crippen molar-refractivity contribution in [2.24, 2.45) is 0 Å². The molecule has 3 aromatic rings. The molecule has 0 bridgehead atoms. The molecule has 0 saturated carbocycles. The highest BCUT2D eigenvalue weighted by Gasteiger charge is 2.47. The minimum atomic E-state index is -0.900. The first kappa shape index (κ1) is 21.4. The van der Waals surface area contributed by atoms with Crippen molar-refractivity contribution in [3.05, 3.63) is 105 Å². The molecule has 1 unspecified atom stereocenters. The van der Waals surface area contributed by atoms with Crippen molar-refractivity contribution in [1.82, 2.24) is 0 Å². The van der Waals surface area contributed by atoms with Crippen LogP contribution in [0.1, 0.15) is 41.1 Å². The number of benzene rings is 3. The van der Waals surface area contributed by atoms with Crippen molar-refractivity contribution in [3.63, 3.8) is 0 Å². The summed E-state index contributed by atoms with van der Waals surface area (Å²) < 4.78 is 13.6. The van der Waals surface area contributed by atoms with Crippen molar-refractivity contribution in [3.8, 4) is 0 Å². The second-order valence-electron chi connectivity index (χ2n) is 8.39. The third-order valence-corrected chi connectivity index (χ3v) is 6.61. The summed E-state index contributed by atoms with van der Waals surface area (Å²) in [7, 11) is 0. The SMILES string of the molecule is O=C1C(=O)N(c2ccc(Cl)cc2)C(c2ccc(F)cc2)/C1=C(/O)c1ccc2c(c1)CCCC2. The van der Waals surface area contributed by atoms with E-state index in [-0.39, 0.29) is 11.3 Å². The van der Waals surface area contributed by atoms with Crippen molar-refractivity contribution < 1.29 is 19.1 Å².